The van der Waals surface area contributed by atoms with E-state index in [1.54, 1.807) is 6.07 Å². The Balaban J connectivity index is 2.90. The van der Waals surface area contributed by atoms with Gasteiger partial charge in [-0.3, -0.25) is 0 Å². The van der Waals surface area contributed by atoms with Gasteiger partial charge in [0.1, 0.15) is 10.8 Å². The third kappa shape index (κ3) is 3.45. The lowest BCUT2D eigenvalue weighted by Gasteiger charge is -2.17. The van der Waals surface area contributed by atoms with Crippen molar-refractivity contribution in [3.8, 4) is 0 Å². The molecule has 1 unspecified atom stereocenters. The smallest absolute Gasteiger partial charge is 0.124 e. The van der Waals surface area contributed by atoms with E-state index < -0.39 is 0 Å². The number of anilines is 1. The summed E-state index contributed by atoms with van der Waals surface area (Å²) in [4.78, 5) is 0.214. The van der Waals surface area contributed by atoms with Gasteiger partial charge in [-0.05, 0) is 31.5 Å². The highest BCUT2D eigenvalue weighted by molar-refractivity contribution is 7.80. The van der Waals surface area contributed by atoms with Gasteiger partial charge in [-0.25, -0.2) is 4.39 Å². The van der Waals surface area contributed by atoms with Crippen molar-refractivity contribution < 1.29 is 4.39 Å². The summed E-state index contributed by atoms with van der Waals surface area (Å²) in [5.41, 5.74) is 6.93. The Kier molecular flexibility index (Phi) is 4.68. The minimum atomic E-state index is -0.323. The Hall–Kier alpha value is -1.16. The first-order valence-electron chi connectivity index (χ1n) is 5.40. The van der Waals surface area contributed by atoms with Crippen molar-refractivity contribution >= 4 is 22.9 Å². The van der Waals surface area contributed by atoms with Crippen LogP contribution in [0.3, 0.4) is 0 Å². The minimum absolute atomic E-state index is 0.214. The maximum atomic E-state index is 13.1. The molecule has 2 nitrogen and oxygen atoms in total. The van der Waals surface area contributed by atoms with Gasteiger partial charge in [0.2, 0.25) is 0 Å². The van der Waals surface area contributed by atoms with E-state index in [1.807, 2.05) is 0 Å². The molecule has 1 atom stereocenters. The fraction of sp³-hybridized carbons (Fsp3) is 0.417. The molecule has 16 heavy (non-hydrogen) atoms. The number of halogens is 1. The summed E-state index contributed by atoms with van der Waals surface area (Å²) in [6.07, 6.45) is 2.14. The molecule has 1 rings (SSSR count). The molecule has 0 heterocycles. The predicted molar refractivity (Wildman–Crippen MR) is 70.3 cm³/mol. The number of benzene rings is 1. The largest absolute Gasteiger partial charge is 0.389 e. The van der Waals surface area contributed by atoms with Crippen LogP contribution < -0.4 is 11.1 Å². The zero-order chi connectivity index (χ0) is 12.1. The van der Waals surface area contributed by atoms with Crippen molar-refractivity contribution in [1.82, 2.24) is 0 Å². The van der Waals surface area contributed by atoms with E-state index >= 15 is 0 Å². The third-order valence-electron chi connectivity index (χ3n) is 2.37. The van der Waals surface area contributed by atoms with E-state index in [0.29, 0.717) is 11.6 Å². The highest BCUT2D eigenvalue weighted by Crippen LogP contribution is 2.18. The summed E-state index contributed by atoms with van der Waals surface area (Å²) in [6.45, 7) is 4.20. The van der Waals surface area contributed by atoms with Crippen LogP contribution in [0.15, 0.2) is 18.2 Å². The van der Waals surface area contributed by atoms with E-state index in [-0.39, 0.29) is 10.8 Å². The number of thiocarbonyl (C=S) groups is 1. The molecule has 0 saturated heterocycles. The van der Waals surface area contributed by atoms with Gasteiger partial charge in [0, 0.05) is 17.3 Å². The second-order valence-corrected chi connectivity index (χ2v) is 4.33. The average molecular weight is 240 g/mol. The molecule has 88 valence electrons. The van der Waals surface area contributed by atoms with Crippen LogP contribution >= 0.6 is 12.2 Å². The highest BCUT2D eigenvalue weighted by atomic mass is 32.1. The summed E-state index contributed by atoms with van der Waals surface area (Å²) in [7, 11) is 0. The lowest BCUT2D eigenvalue weighted by molar-refractivity contribution is 0.627. The lowest BCUT2D eigenvalue weighted by atomic mass is 10.1. The summed E-state index contributed by atoms with van der Waals surface area (Å²) in [5.74, 6) is -0.323. The van der Waals surface area contributed by atoms with Crippen LogP contribution in [0.5, 0.6) is 0 Å². The van der Waals surface area contributed by atoms with E-state index in [9.17, 15) is 4.39 Å². The van der Waals surface area contributed by atoms with E-state index in [0.717, 1.165) is 18.5 Å². The summed E-state index contributed by atoms with van der Waals surface area (Å²) in [5, 5.41) is 3.29. The maximum absolute atomic E-state index is 13.1. The monoisotopic (exact) mass is 240 g/mol. The maximum Gasteiger partial charge on any atom is 0.124 e. The second kappa shape index (κ2) is 5.80. The predicted octanol–water partition coefficient (Wildman–Crippen LogP) is 3.06. The zero-order valence-corrected chi connectivity index (χ0v) is 10.4. The van der Waals surface area contributed by atoms with Crippen LogP contribution in [0.4, 0.5) is 10.1 Å². The molecule has 0 fully saturated rings. The Labute approximate surface area is 101 Å². The van der Waals surface area contributed by atoms with Gasteiger partial charge in [-0.1, -0.05) is 25.6 Å². The van der Waals surface area contributed by atoms with Crippen LogP contribution in [0.25, 0.3) is 0 Å². The Morgan fingerprint density at radius 1 is 1.56 bits per heavy atom. The summed E-state index contributed by atoms with van der Waals surface area (Å²) in [6, 6.07) is 4.77. The fourth-order valence-electron chi connectivity index (χ4n) is 1.62. The molecule has 0 bridgehead atoms. The lowest BCUT2D eigenvalue weighted by Crippen LogP contribution is -2.19. The minimum Gasteiger partial charge on any atom is -0.389 e. The summed E-state index contributed by atoms with van der Waals surface area (Å²) < 4.78 is 13.1. The summed E-state index contributed by atoms with van der Waals surface area (Å²) >= 11 is 4.90. The number of nitrogens with two attached hydrogens (primary N) is 1. The van der Waals surface area contributed by atoms with Gasteiger partial charge in [-0.2, -0.15) is 0 Å². The van der Waals surface area contributed by atoms with Gasteiger partial charge in [0.25, 0.3) is 0 Å². The van der Waals surface area contributed by atoms with Gasteiger partial charge in [0.15, 0.2) is 0 Å². The number of nitrogens with one attached hydrogen (secondary N) is 1. The quantitative estimate of drug-likeness (QED) is 0.777. The van der Waals surface area contributed by atoms with Crippen LogP contribution in [-0.4, -0.2) is 11.0 Å². The SMILES string of the molecule is CCCC(C)Nc1ccc(F)cc1C(N)=S. The molecular weight excluding hydrogens is 223 g/mol. The van der Waals surface area contributed by atoms with Gasteiger partial charge >= 0.3 is 0 Å². The molecule has 0 saturated carbocycles. The normalized spacial score (nSPS) is 12.2. The molecule has 0 aliphatic heterocycles. The van der Waals surface area contributed by atoms with E-state index in [1.165, 1.54) is 12.1 Å². The standard InChI is InChI=1S/C12H17FN2S/c1-3-4-8(2)15-11-6-5-9(13)7-10(11)12(14)16/h5-8,15H,3-4H2,1-2H3,(H2,14,16). The number of hydrogen-bond donors (Lipinski definition) is 2. The highest BCUT2D eigenvalue weighted by Gasteiger charge is 2.08. The first-order valence-corrected chi connectivity index (χ1v) is 5.81. The number of hydrogen-bond acceptors (Lipinski definition) is 2. The van der Waals surface area contributed by atoms with Gasteiger partial charge < -0.3 is 11.1 Å². The van der Waals surface area contributed by atoms with Gasteiger partial charge in [-0.15, -0.1) is 0 Å². The first kappa shape index (κ1) is 12.9. The van der Waals surface area contributed by atoms with Crippen molar-refractivity contribution in [2.24, 2.45) is 5.73 Å². The second-order valence-electron chi connectivity index (χ2n) is 3.89. The molecule has 1 aromatic rings. The van der Waals surface area contributed by atoms with Crippen LogP contribution in [0.1, 0.15) is 32.3 Å². The molecule has 1 aromatic carbocycles. The molecule has 0 radical (unpaired) electrons. The van der Waals surface area contributed by atoms with Crippen LogP contribution in [-0.2, 0) is 0 Å². The molecule has 4 heteroatoms. The first-order chi connectivity index (χ1) is 7.54. The van der Waals surface area contributed by atoms with Crippen molar-refractivity contribution in [1.29, 1.82) is 0 Å². The van der Waals surface area contributed by atoms with Crippen molar-refractivity contribution in [2.45, 2.75) is 32.7 Å². The van der Waals surface area contributed by atoms with Crippen LogP contribution in [0.2, 0.25) is 0 Å². The van der Waals surface area contributed by atoms with Crippen molar-refractivity contribution in [3.05, 3.63) is 29.6 Å². The zero-order valence-electron chi connectivity index (χ0n) is 9.59. The van der Waals surface area contributed by atoms with Crippen molar-refractivity contribution in [2.75, 3.05) is 5.32 Å². The van der Waals surface area contributed by atoms with Gasteiger partial charge in [0.05, 0.1) is 0 Å². The topological polar surface area (TPSA) is 38.0 Å². The van der Waals surface area contributed by atoms with Crippen molar-refractivity contribution in [3.63, 3.8) is 0 Å². The molecule has 0 amide bonds. The van der Waals surface area contributed by atoms with E-state index in [2.05, 4.69) is 19.2 Å². The molecule has 3 N–H and O–H groups in total. The van der Waals surface area contributed by atoms with Crippen LogP contribution in [0, 0.1) is 5.82 Å². The average Bonchev–Trinajstić information content (AvgIpc) is 2.20. The molecular formula is C12H17FN2S. The Morgan fingerprint density at radius 3 is 2.81 bits per heavy atom. The number of rotatable bonds is 5. The Bertz CT molecular complexity index is 379. The fourth-order valence-corrected chi connectivity index (χ4v) is 1.79. The third-order valence-corrected chi connectivity index (χ3v) is 2.59. The molecule has 0 aromatic heterocycles. The van der Waals surface area contributed by atoms with E-state index in [4.69, 9.17) is 18.0 Å². The Morgan fingerprint density at radius 2 is 2.25 bits per heavy atom. The molecule has 0 spiro atoms. The molecule has 0 aliphatic carbocycles. The molecule has 0 aliphatic rings.